The molecule has 1 heterocycles. The highest BCUT2D eigenvalue weighted by molar-refractivity contribution is 5.69. The van der Waals surface area contributed by atoms with Gasteiger partial charge in [0.1, 0.15) is 0 Å². The van der Waals surface area contributed by atoms with Gasteiger partial charge in [-0.3, -0.25) is 9.69 Å². The molecule has 0 aliphatic carbocycles. The summed E-state index contributed by atoms with van der Waals surface area (Å²) < 4.78 is 0. The predicted octanol–water partition coefficient (Wildman–Crippen LogP) is -0.344. The van der Waals surface area contributed by atoms with Gasteiger partial charge in [-0.2, -0.15) is 0 Å². The van der Waals surface area contributed by atoms with Crippen LogP contribution in [0, 0.1) is 6.54 Å². The van der Waals surface area contributed by atoms with E-state index in [9.17, 15) is 4.79 Å². The number of likely N-dealkylation sites (tertiary alicyclic amines) is 1. The average molecular weight is 157 g/mol. The van der Waals surface area contributed by atoms with Gasteiger partial charge in [0.15, 0.2) is 0 Å². The molecule has 0 aromatic heterocycles. The number of carboxylic acids is 1. The Hall–Kier alpha value is -0.610. The fourth-order valence-corrected chi connectivity index (χ4v) is 1.14. The molecule has 1 radical (unpaired) electrons. The van der Waals surface area contributed by atoms with Crippen molar-refractivity contribution in [1.82, 2.24) is 4.90 Å². The summed E-state index contributed by atoms with van der Waals surface area (Å²) in [7, 11) is 0. The zero-order chi connectivity index (χ0) is 8.27. The van der Waals surface area contributed by atoms with E-state index in [0.717, 1.165) is 19.4 Å². The molecule has 1 rings (SSSR count). The first-order chi connectivity index (χ1) is 5.18. The maximum atomic E-state index is 10.3. The Morgan fingerprint density at radius 1 is 1.82 bits per heavy atom. The lowest BCUT2D eigenvalue weighted by atomic mass is 10.1. The quantitative estimate of drug-likeness (QED) is 0.575. The van der Waals surface area contributed by atoms with Crippen molar-refractivity contribution in [2.45, 2.75) is 18.9 Å². The summed E-state index contributed by atoms with van der Waals surface area (Å²) in [4.78, 5) is 12.1. The van der Waals surface area contributed by atoms with Crippen molar-refractivity contribution in [3.63, 3.8) is 0 Å². The summed E-state index contributed by atoms with van der Waals surface area (Å²) in [5.41, 5.74) is 5.62. The van der Waals surface area contributed by atoms with E-state index in [-0.39, 0.29) is 12.6 Å². The Kier molecular flexibility index (Phi) is 2.84. The predicted molar refractivity (Wildman–Crippen MR) is 40.7 cm³/mol. The molecule has 1 fully saturated rings. The number of hydrogen-bond acceptors (Lipinski definition) is 3. The van der Waals surface area contributed by atoms with Gasteiger partial charge in [0.25, 0.3) is 0 Å². The second-order valence-electron chi connectivity index (χ2n) is 2.83. The first-order valence-corrected chi connectivity index (χ1v) is 3.73. The van der Waals surface area contributed by atoms with Crippen molar-refractivity contribution in [2.24, 2.45) is 5.73 Å². The van der Waals surface area contributed by atoms with E-state index in [4.69, 9.17) is 10.8 Å². The number of rotatable bonds is 2. The van der Waals surface area contributed by atoms with Crippen LogP contribution in [0.25, 0.3) is 0 Å². The van der Waals surface area contributed by atoms with Gasteiger partial charge in [-0.05, 0) is 12.8 Å². The van der Waals surface area contributed by atoms with Crippen LogP contribution in [-0.4, -0.2) is 35.1 Å². The number of aliphatic carboxylic acids is 1. The lowest BCUT2D eigenvalue weighted by Crippen LogP contribution is -2.38. The minimum Gasteiger partial charge on any atom is -0.480 e. The van der Waals surface area contributed by atoms with E-state index in [0.29, 0.717) is 0 Å². The van der Waals surface area contributed by atoms with Gasteiger partial charge in [-0.15, -0.1) is 0 Å². The van der Waals surface area contributed by atoms with Crippen molar-refractivity contribution in [1.29, 1.82) is 0 Å². The Morgan fingerprint density at radius 2 is 2.55 bits per heavy atom. The number of carbonyl (C=O) groups is 1. The van der Waals surface area contributed by atoms with Crippen LogP contribution < -0.4 is 5.73 Å². The second kappa shape index (κ2) is 3.69. The van der Waals surface area contributed by atoms with Crippen LogP contribution in [0.2, 0.25) is 0 Å². The summed E-state index contributed by atoms with van der Waals surface area (Å²) in [5.74, 6) is -0.781. The van der Waals surface area contributed by atoms with Crippen LogP contribution >= 0.6 is 0 Å². The molecule has 1 aliphatic heterocycles. The third-order valence-electron chi connectivity index (χ3n) is 1.79. The number of nitrogens with zero attached hydrogens (tertiary/aromatic N) is 1. The van der Waals surface area contributed by atoms with Crippen LogP contribution in [0.3, 0.4) is 0 Å². The molecule has 1 atom stereocenters. The van der Waals surface area contributed by atoms with E-state index in [1.165, 1.54) is 0 Å². The van der Waals surface area contributed by atoms with Gasteiger partial charge >= 0.3 is 5.97 Å². The average Bonchev–Trinajstić information content (AvgIpc) is 1.93. The fourth-order valence-electron chi connectivity index (χ4n) is 1.14. The van der Waals surface area contributed by atoms with Crippen LogP contribution in [0.15, 0.2) is 0 Å². The Labute approximate surface area is 66.0 Å². The summed E-state index contributed by atoms with van der Waals surface area (Å²) in [5, 5.41) is 8.44. The van der Waals surface area contributed by atoms with Crippen LogP contribution in [0.4, 0.5) is 0 Å². The van der Waals surface area contributed by atoms with Crippen molar-refractivity contribution in [2.75, 3.05) is 13.1 Å². The van der Waals surface area contributed by atoms with Gasteiger partial charge in [-0.1, -0.05) is 0 Å². The van der Waals surface area contributed by atoms with E-state index in [1.807, 2.05) is 6.54 Å². The highest BCUT2D eigenvalue weighted by Gasteiger charge is 2.17. The molecule has 0 saturated carbocycles. The number of piperidine rings is 1. The number of hydrogen-bond donors (Lipinski definition) is 2. The molecule has 11 heavy (non-hydrogen) atoms. The molecule has 4 nitrogen and oxygen atoms in total. The monoisotopic (exact) mass is 157 g/mol. The molecule has 0 amide bonds. The summed E-state index contributed by atoms with van der Waals surface area (Å²) >= 11 is 0. The highest BCUT2D eigenvalue weighted by Crippen LogP contribution is 2.10. The maximum absolute atomic E-state index is 10.3. The fraction of sp³-hybridized carbons (Fsp3) is 0.714. The second-order valence-corrected chi connectivity index (χ2v) is 2.83. The van der Waals surface area contributed by atoms with E-state index < -0.39 is 5.97 Å². The topological polar surface area (TPSA) is 66.6 Å². The van der Waals surface area contributed by atoms with Crippen molar-refractivity contribution in [3.8, 4) is 0 Å². The van der Waals surface area contributed by atoms with Gasteiger partial charge in [0.2, 0.25) is 0 Å². The lowest BCUT2D eigenvalue weighted by molar-refractivity contribution is -0.138. The van der Waals surface area contributed by atoms with E-state index in [1.54, 1.807) is 4.90 Å². The standard InChI is InChI=1S/C7H13N2O2/c8-6-1-3-9(4-2-6)5-7(10)11/h3,6H,1-2,4-5,8H2,(H,10,11). The number of carboxylic acid groups (broad SMARTS) is 1. The highest BCUT2D eigenvalue weighted by atomic mass is 16.4. The first-order valence-electron chi connectivity index (χ1n) is 3.73. The third-order valence-corrected chi connectivity index (χ3v) is 1.79. The molecule has 0 spiro atoms. The summed E-state index contributed by atoms with van der Waals surface area (Å²) in [6.45, 7) is 2.75. The van der Waals surface area contributed by atoms with Crippen LogP contribution in [-0.2, 0) is 4.79 Å². The molecular weight excluding hydrogens is 144 g/mol. The molecule has 1 unspecified atom stereocenters. The Balaban J connectivity index is 2.22. The van der Waals surface area contributed by atoms with Gasteiger partial charge < -0.3 is 10.8 Å². The molecule has 0 aromatic rings. The van der Waals surface area contributed by atoms with Crippen LogP contribution in [0.1, 0.15) is 12.8 Å². The largest absolute Gasteiger partial charge is 0.480 e. The molecule has 1 saturated heterocycles. The smallest absolute Gasteiger partial charge is 0.317 e. The van der Waals surface area contributed by atoms with Crippen molar-refractivity contribution >= 4 is 5.97 Å². The molecule has 3 N–H and O–H groups in total. The molecule has 0 aromatic carbocycles. The van der Waals surface area contributed by atoms with Crippen molar-refractivity contribution < 1.29 is 9.90 Å². The minimum absolute atomic E-state index is 0.104. The molecule has 1 aliphatic rings. The zero-order valence-electron chi connectivity index (χ0n) is 6.36. The van der Waals surface area contributed by atoms with Crippen molar-refractivity contribution in [3.05, 3.63) is 6.54 Å². The maximum Gasteiger partial charge on any atom is 0.317 e. The lowest BCUT2D eigenvalue weighted by Gasteiger charge is -2.27. The molecule has 0 bridgehead atoms. The van der Waals surface area contributed by atoms with Gasteiger partial charge in [0, 0.05) is 19.1 Å². The summed E-state index contributed by atoms with van der Waals surface area (Å²) in [6.07, 6.45) is 1.69. The minimum atomic E-state index is -0.781. The van der Waals surface area contributed by atoms with Gasteiger partial charge in [-0.25, -0.2) is 0 Å². The Bertz CT molecular complexity index is 141. The third kappa shape index (κ3) is 2.86. The summed E-state index contributed by atoms with van der Waals surface area (Å²) in [6, 6.07) is 0.222. The zero-order valence-corrected chi connectivity index (χ0v) is 6.36. The SMILES string of the molecule is NC1C[CH]N(CC(=O)O)CC1. The van der Waals surface area contributed by atoms with E-state index >= 15 is 0 Å². The molecular formula is C7H13N2O2. The van der Waals surface area contributed by atoms with Gasteiger partial charge in [0.05, 0.1) is 6.54 Å². The molecule has 63 valence electrons. The normalized spacial score (nSPS) is 21.9. The molecule has 4 heteroatoms. The van der Waals surface area contributed by atoms with Crippen LogP contribution in [0.5, 0.6) is 0 Å². The first kappa shape index (κ1) is 8.49. The Morgan fingerprint density at radius 3 is 3.00 bits per heavy atom. The van der Waals surface area contributed by atoms with E-state index in [2.05, 4.69) is 0 Å². The number of nitrogens with two attached hydrogens (primary N) is 1.